The van der Waals surface area contributed by atoms with E-state index in [1.807, 2.05) is 37.1 Å². The van der Waals surface area contributed by atoms with Crippen LogP contribution in [0.15, 0.2) is 18.2 Å². The number of aryl methyl sites for hydroxylation is 2. The van der Waals surface area contributed by atoms with Gasteiger partial charge in [-0.15, -0.1) is 0 Å². The Morgan fingerprint density at radius 2 is 2.07 bits per heavy atom. The molecule has 0 N–H and O–H groups in total. The van der Waals surface area contributed by atoms with E-state index in [1.165, 1.54) is 0 Å². The molecule has 0 saturated carbocycles. The second kappa shape index (κ2) is 6.12. The Morgan fingerprint density at radius 3 is 2.89 bits per heavy atom. The molecule has 3 aromatic rings. The Kier molecular flexibility index (Phi) is 3.71. The van der Waals surface area contributed by atoms with Gasteiger partial charge in [-0.2, -0.15) is 5.10 Å². The zero-order chi connectivity index (χ0) is 18.5. The monoisotopic (exact) mass is 385 g/mol. The van der Waals surface area contributed by atoms with Crippen molar-refractivity contribution in [1.82, 2.24) is 19.7 Å². The van der Waals surface area contributed by atoms with Crippen LogP contribution >= 0.6 is 11.3 Å². The molecule has 27 heavy (non-hydrogen) atoms. The first-order valence-electron chi connectivity index (χ1n) is 8.80. The number of aromatic nitrogens is 3. The number of ether oxygens (including phenoxy) is 2. The third-order valence-electron chi connectivity index (χ3n) is 4.93. The van der Waals surface area contributed by atoms with Gasteiger partial charge in [-0.3, -0.25) is 4.79 Å². The van der Waals surface area contributed by atoms with Crippen LogP contribution in [0.3, 0.4) is 0 Å². The molecule has 0 radical (unpaired) electrons. The van der Waals surface area contributed by atoms with Gasteiger partial charge >= 0.3 is 0 Å². The largest absolute Gasteiger partial charge is 0.454 e. The molecule has 0 aliphatic carbocycles. The van der Waals surface area contributed by atoms with Gasteiger partial charge in [0.15, 0.2) is 22.3 Å². The predicted octanol–water partition coefficient (Wildman–Crippen LogP) is 1.92. The van der Waals surface area contributed by atoms with Gasteiger partial charge in [-0.1, -0.05) is 17.4 Å². The van der Waals surface area contributed by atoms with Crippen molar-refractivity contribution in [3.8, 4) is 11.5 Å². The lowest BCUT2D eigenvalue weighted by atomic mass is 10.1. The SMILES string of the molecule is Cc1nn(C)c2nc(N3CCN(Cc4ccc5c(c4)OCO5)C(=O)C3)sc12. The Bertz CT molecular complexity index is 1010. The van der Waals surface area contributed by atoms with E-state index in [4.69, 9.17) is 9.47 Å². The lowest BCUT2D eigenvalue weighted by molar-refractivity contribution is -0.131. The third-order valence-corrected chi connectivity index (χ3v) is 6.15. The van der Waals surface area contributed by atoms with Crippen LogP contribution in [0.2, 0.25) is 0 Å². The van der Waals surface area contributed by atoms with E-state index in [0.717, 1.165) is 44.8 Å². The normalized spacial score (nSPS) is 16.6. The van der Waals surface area contributed by atoms with Crippen molar-refractivity contribution in [3.63, 3.8) is 0 Å². The summed E-state index contributed by atoms with van der Waals surface area (Å²) in [6.45, 7) is 4.60. The first kappa shape index (κ1) is 16.4. The van der Waals surface area contributed by atoms with Gasteiger partial charge in [0.2, 0.25) is 12.7 Å². The zero-order valence-corrected chi connectivity index (χ0v) is 16.0. The molecular formula is C18H19N5O3S. The lowest BCUT2D eigenvalue weighted by Gasteiger charge is -2.34. The number of hydrogen-bond donors (Lipinski definition) is 0. The third kappa shape index (κ3) is 2.78. The summed E-state index contributed by atoms with van der Waals surface area (Å²) in [6, 6.07) is 5.83. The quantitative estimate of drug-likeness (QED) is 0.686. The fourth-order valence-electron chi connectivity index (χ4n) is 3.51. The molecule has 9 heteroatoms. The van der Waals surface area contributed by atoms with Crippen molar-refractivity contribution in [2.45, 2.75) is 13.5 Å². The number of carbonyl (C=O) groups is 1. The second-order valence-electron chi connectivity index (χ2n) is 6.78. The minimum absolute atomic E-state index is 0.105. The number of fused-ring (bicyclic) bond motifs is 2. The summed E-state index contributed by atoms with van der Waals surface area (Å²) >= 11 is 1.60. The molecule has 5 rings (SSSR count). The van der Waals surface area contributed by atoms with E-state index in [1.54, 1.807) is 16.0 Å². The minimum atomic E-state index is 0.105. The molecule has 4 heterocycles. The van der Waals surface area contributed by atoms with Gasteiger partial charge in [0.1, 0.15) is 0 Å². The van der Waals surface area contributed by atoms with E-state index in [-0.39, 0.29) is 12.7 Å². The average molecular weight is 385 g/mol. The van der Waals surface area contributed by atoms with Gasteiger partial charge in [-0.25, -0.2) is 9.67 Å². The molecule has 140 valence electrons. The van der Waals surface area contributed by atoms with Crippen LogP contribution in [-0.2, 0) is 18.4 Å². The number of benzene rings is 1. The summed E-state index contributed by atoms with van der Waals surface area (Å²) in [5.74, 6) is 1.61. The smallest absolute Gasteiger partial charge is 0.242 e. The minimum Gasteiger partial charge on any atom is -0.454 e. The van der Waals surface area contributed by atoms with Gasteiger partial charge in [0.05, 0.1) is 16.9 Å². The maximum atomic E-state index is 12.7. The lowest BCUT2D eigenvalue weighted by Crippen LogP contribution is -2.50. The maximum absolute atomic E-state index is 12.7. The Hall–Kier alpha value is -2.81. The number of piperazine rings is 1. The molecule has 1 amide bonds. The summed E-state index contributed by atoms with van der Waals surface area (Å²) in [5.41, 5.74) is 2.90. The summed E-state index contributed by atoms with van der Waals surface area (Å²) < 4.78 is 13.6. The van der Waals surface area contributed by atoms with Crippen molar-refractivity contribution < 1.29 is 14.3 Å². The highest BCUT2D eigenvalue weighted by Crippen LogP contribution is 2.34. The fraction of sp³-hybridized carbons (Fsp3) is 0.389. The van der Waals surface area contributed by atoms with Crippen LogP contribution in [0.25, 0.3) is 10.3 Å². The number of carbonyl (C=O) groups excluding carboxylic acids is 1. The Labute approximate surface area is 159 Å². The highest BCUT2D eigenvalue weighted by molar-refractivity contribution is 7.22. The van der Waals surface area contributed by atoms with Crippen molar-refractivity contribution in [1.29, 1.82) is 0 Å². The van der Waals surface area contributed by atoms with Crippen LogP contribution in [0, 0.1) is 6.92 Å². The molecule has 0 atom stereocenters. The maximum Gasteiger partial charge on any atom is 0.242 e. The predicted molar refractivity (Wildman–Crippen MR) is 101 cm³/mol. The van der Waals surface area contributed by atoms with Crippen LogP contribution in [-0.4, -0.2) is 52.0 Å². The van der Waals surface area contributed by atoms with E-state index < -0.39 is 0 Å². The molecule has 1 aromatic carbocycles. The standard InChI is InChI=1S/C18H19N5O3S/c1-11-16-17(21(2)20-11)19-18(27-16)23-6-5-22(15(24)9-23)8-12-3-4-13-14(7-12)26-10-25-13/h3-4,7H,5-6,8-10H2,1-2H3. The fourth-order valence-corrected chi connectivity index (χ4v) is 4.56. The van der Waals surface area contributed by atoms with Gasteiger partial charge in [0.25, 0.3) is 0 Å². The second-order valence-corrected chi connectivity index (χ2v) is 7.76. The molecule has 0 spiro atoms. The van der Waals surface area contributed by atoms with Crippen LogP contribution < -0.4 is 14.4 Å². The Morgan fingerprint density at radius 1 is 1.22 bits per heavy atom. The number of thiazole rings is 1. The number of amides is 1. The van der Waals surface area contributed by atoms with E-state index in [0.29, 0.717) is 19.6 Å². The van der Waals surface area contributed by atoms with Crippen LogP contribution in [0.5, 0.6) is 11.5 Å². The molecule has 8 nitrogen and oxygen atoms in total. The van der Waals surface area contributed by atoms with Crippen molar-refractivity contribution in [2.75, 3.05) is 31.3 Å². The molecule has 2 aliphatic heterocycles. The molecular weight excluding hydrogens is 366 g/mol. The van der Waals surface area contributed by atoms with E-state index in [9.17, 15) is 4.79 Å². The van der Waals surface area contributed by atoms with E-state index in [2.05, 4.69) is 15.0 Å². The molecule has 2 aliphatic rings. The zero-order valence-electron chi connectivity index (χ0n) is 15.1. The van der Waals surface area contributed by atoms with E-state index >= 15 is 0 Å². The van der Waals surface area contributed by atoms with Crippen molar-refractivity contribution >= 4 is 32.7 Å². The van der Waals surface area contributed by atoms with Crippen LogP contribution in [0.1, 0.15) is 11.3 Å². The van der Waals surface area contributed by atoms with Gasteiger partial charge < -0.3 is 19.3 Å². The topological polar surface area (TPSA) is 72.7 Å². The molecule has 1 saturated heterocycles. The Balaban J connectivity index is 1.30. The number of rotatable bonds is 3. The first-order valence-corrected chi connectivity index (χ1v) is 9.61. The molecule has 2 aromatic heterocycles. The number of hydrogen-bond acceptors (Lipinski definition) is 7. The summed E-state index contributed by atoms with van der Waals surface area (Å²) in [5, 5.41) is 5.27. The average Bonchev–Trinajstić information content (AvgIpc) is 3.34. The van der Waals surface area contributed by atoms with Crippen LogP contribution in [0.4, 0.5) is 5.13 Å². The van der Waals surface area contributed by atoms with Crippen molar-refractivity contribution in [2.24, 2.45) is 7.05 Å². The summed E-state index contributed by atoms with van der Waals surface area (Å²) in [7, 11) is 1.90. The molecule has 0 bridgehead atoms. The molecule has 0 unspecified atom stereocenters. The first-order chi connectivity index (χ1) is 13.1. The van der Waals surface area contributed by atoms with Crippen molar-refractivity contribution in [3.05, 3.63) is 29.5 Å². The summed E-state index contributed by atoms with van der Waals surface area (Å²) in [4.78, 5) is 21.3. The van der Waals surface area contributed by atoms with Gasteiger partial charge in [-0.05, 0) is 24.6 Å². The number of anilines is 1. The molecule has 1 fully saturated rings. The highest BCUT2D eigenvalue weighted by Gasteiger charge is 2.27. The summed E-state index contributed by atoms with van der Waals surface area (Å²) in [6.07, 6.45) is 0. The van der Waals surface area contributed by atoms with Gasteiger partial charge in [0, 0.05) is 26.7 Å². The highest BCUT2D eigenvalue weighted by atomic mass is 32.1. The number of nitrogens with zero attached hydrogens (tertiary/aromatic N) is 5.